The van der Waals surface area contributed by atoms with E-state index in [0.717, 1.165) is 22.8 Å². The van der Waals surface area contributed by atoms with Gasteiger partial charge >= 0.3 is 5.63 Å². The zero-order valence-corrected chi connectivity index (χ0v) is 16.9. The van der Waals surface area contributed by atoms with Crippen molar-refractivity contribution in [2.75, 3.05) is 6.61 Å². The molecule has 1 heterocycles. The van der Waals surface area contributed by atoms with Crippen molar-refractivity contribution < 1.29 is 13.9 Å². The van der Waals surface area contributed by atoms with Crippen LogP contribution in [0.5, 0.6) is 5.75 Å². The van der Waals surface area contributed by atoms with Gasteiger partial charge in [-0.15, -0.1) is 0 Å². The van der Waals surface area contributed by atoms with Crippen molar-refractivity contribution >= 4 is 16.9 Å². The van der Waals surface area contributed by atoms with Gasteiger partial charge in [0.1, 0.15) is 11.3 Å². The van der Waals surface area contributed by atoms with Gasteiger partial charge in [0.05, 0.1) is 0 Å². The molecule has 2 bridgehead atoms. The first kappa shape index (κ1) is 19.0. The van der Waals surface area contributed by atoms with Gasteiger partial charge in [-0.3, -0.25) is 4.79 Å². The second kappa shape index (κ2) is 7.61. The maximum atomic E-state index is 12.3. The Hall–Kier alpha value is -2.30. The van der Waals surface area contributed by atoms with Crippen LogP contribution in [0.3, 0.4) is 0 Å². The van der Waals surface area contributed by atoms with Gasteiger partial charge in [0.2, 0.25) is 0 Å². The molecule has 150 valence electrons. The fourth-order valence-electron chi connectivity index (χ4n) is 5.19. The quantitative estimate of drug-likeness (QED) is 0.758. The summed E-state index contributed by atoms with van der Waals surface area (Å²) in [4.78, 5) is 24.2. The molecule has 4 rings (SSSR count). The van der Waals surface area contributed by atoms with Crippen molar-refractivity contribution in [1.29, 1.82) is 0 Å². The number of carbonyl (C=O) groups excluding carboxylic acids is 1. The number of benzene rings is 1. The van der Waals surface area contributed by atoms with Crippen LogP contribution in [0.15, 0.2) is 33.5 Å². The van der Waals surface area contributed by atoms with Gasteiger partial charge in [0, 0.05) is 23.6 Å². The van der Waals surface area contributed by atoms with Crippen LogP contribution in [0, 0.1) is 17.8 Å². The molecule has 28 heavy (non-hydrogen) atoms. The second-order valence-corrected chi connectivity index (χ2v) is 8.82. The third-order valence-corrected chi connectivity index (χ3v) is 6.56. The summed E-state index contributed by atoms with van der Waals surface area (Å²) >= 11 is 0. The summed E-state index contributed by atoms with van der Waals surface area (Å²) in [7, 11) is 0. The molecule has 1 aromatic heterocycles. The van der Waals surface area contributed by atoms with Crippen LogP contribution in [0.1, 0.15) is 57.9 Å². The minimum atomic E-state index is -0.370. The number of amides is 1. The molecule has 0 saturated heterocycles. The van der Waals surface area contributed by atoms with Crippen molar-refractivity contribution in [3.05, 3.63) is 40.2 Å². The molecule has 2 aliphatic rings. The van der Waals surface area contributed by atoms with Crippen LogP contribution >= 0.6 is 0 Å². The van der Waals surface area contributed by atoms with E-state index in [1.807, 2.05) is 26.0 Å². The summed E-state index contributed by atoms with van der Waals surface area (Å²) in [5.74, 6) is 2.89. The Bertz CT molecular complexity index is 932. The Morgan fingerprint density at radius 1 is 1.21 bits per heavy atom. The lowest BCUT2D eigenvalue weighted by Crippen LogP contribution is -2.42. The SMILES string of the molecule is CC(C)c1cc(=O)oc2cc(OCC(=O)N[C@H](C)[C@H]3C[C@H]4CC[C@H]3C4)ccc12. The number of carbonyl (C=O) groups is 1. The average molecular weight is 383 g/mol. The smallest absolute Gasteiger partial charge is 0.336 e. The summed E-state index contributed by atoms with van der Waals surface area (Å²) in [6.07, 6.45) is 5.26. The first-order valence-electron chi connectivity index (χ1n) is 10.4. The largest absolute Gasteiger partial charge is 0.484 e. The minimum absolute atomic E-state index is 0.0369. The van der Waals surface area contributed by atoms with Gasteiger partial charge in [-0.2, -0.15) is 0 Å². The highest BCUT2D eigenvalue weighted by Gasteiger charge is 2.42. The van der Waals surface area contributed by atoms with Crippen LogP contribution in [0.4, 0.5) is 0 Å². The molecule has 2 saturated carbocycles. The molecule has 0 spiro atoms. The lowest BCUT2D eigenvalue weighted by atomic mass is 9.84. The number of fused-ring (bicyclic) bond motifs is 3. The van der Waals surface area contributed by atoms with Crippen molar-refractivity contribution in [3.8, 4) is 5.75 Å². The number of ether oxygens (including phenoxy) is 1. The van der Waals surface area contributed by atoms with E-state index in [0.29, 0.717) is 17.3 Å². The van der Waals surface area contributed by atoms with E-state index in [-0.39, 0.29) is 30.1 Å². The van der Waals surface area contributed by atoms with E-state index in [1.54, 1.807) is 6.07 Å². The van der Waals surface area contributed by atoms with Crippen molar-refractivity contribution in [3.63, 3.8) is 0 Å². The van der Waals surface area contributed by atoms with E-state index in [4.69, 9.17) is 9.15 Å². The molecule has 1 N–H and O–H groups in total. The summed E-state index contributed by atoms with van der Waals surface area (Å²) in [6.45, 7) is 6.16. The molecule has 0 aliphatic heterocycles. The van der Waals surface area contributed by atoms with Gasteiger partial charge in [-0.05, 0) is 67.6 Å². The topological polar surface area (TPSA) is 68.5 Å². The van der Waals surface area contributed by atoms with Crippen LogP contribution < -0.4 is 15.7 Å². The van der Waals surface area contributed by atoms with Crippen LogP contribution in [0.25, 0.3) is 11.0 Å². The molecule has 2 aliphatic carbocycles. The van der Waals surface area contributed by atoms with Crippen LogP contribution in [-0.4, -0.2) is 18.6 Å². The van der Waals surface area contributed by atoms with E-state index in [1.165, 1.54) is 31.7 Å². The van der Waals surface area contributed by atoms with Gasteiger partial charge in [-0.1, -0.05) is 20.3 Å². The fourth-order valence-corrected chi connectivity index (χ4v) is 5.19. The molecular weight excluding hydrogens is 354 g/mol. The van der Waals surface area contributed by atoms with E-state index >= 15 is 0 Å². The predicted octanol–water partition coefficient (Wildman–Crippen LogP) is 4.24. The minimum Gasteiger partial charge on any atom is -0.484 e. The van der Waals surface area contributed by atoms with Crippen LogP contribution in [0.2, 0.25) is 0 Å². The Kier molecular flexibility index (Phi) is 5.17. The summed E-state index contributed by atoms with van der Waals surface area (Å²) in [5.41, 5.74) is 1.07. The molecular formula is C23H29NO4. The van der Waals surface area contributed by atoms with E-state index in [2.05, 4.69) is 12.2 Å². The zero-order valence-electron chi connectivity index (χ0n) is 16.9. The van der Waals surface area contributed by atoms with Gasteiger partial charge in [0.25, 0.3) is 5.91 Å². The maximum absolute atomic E-state index is 12.3. The molecule has 1 aromatic carbocycles. The van der Waals surface area contributed by atoms with Crippen molar-refractivity contribution in [2.24, 2.45) is 17.8 Å². The average Bonchev–Trinajstić information content (AvgIpc) is 3.28. The molecule has 2 fully saturated rings. The Balaban J connectivity index is 1.38. The lowest BCUT2D eigenvalue weighted by molar-refractivity contribution is -0.124. The Labute approximate surface area is 165 Å². The second-order valence-electron chi connectivity index (χ2n) is 8.82. The van der Waals surface area contributed by atoms with E-state index < -0.39 is 0 Å². The third kappa shape index (κ3) is 3.80. The number of hydrogen-bond acceptors (Lipinski definition) is 4. The monoisotopic (exact) mass is 383 g/mol. The van der Waals surface area contributed by atoms with Gasteiger partial charge in [-0.25, -0.2) is 4.79 Å². The molecule has 5 heteroatoms. The van der Waals surface area contributed by atoms with Crippen molar-refractivity contribution in [1.82, 2.24) is 5.32 Å². The fraction of sp³-hybridized carbons (Fsp3) is 0.565. The van der Waals surface area contributed by atoms with Gasteiger partial charge < -0.3 is 14.5 Å². The molecule has 0 radical (unpaired) electrons. The Morgan fingerprint density at radius 2 is 2.04 bits per heavy atom. The summed E-state index contributed by atoms with van der Waals surface area (Å²) in [6, 6.07) is 7.13. The summed E-state index contributed by atoms with van der Waals surface area (Å²) in [5, 5.41) is 4.01. The maximum Gasteiger partial charge on any atom is 0.336 e. The van der Waals surface area contributed by atoms with Crippen LogP contribution in [-0.2, 0) is 4.79 Å². The standard InChI is InChI=1S/C23H29NO4/c1-13(2)19-11-23(26)28-21-10-17(6-7-18(19)21)27-12-22(25)24-14(3)20-9-15-4-5-16(20)8-15/h6-7,10-11,13-16,20H,4-5,8-9,12H2,1-3H3,(H,24,25)/t14-,15+,16+,20-/m1/s1. The van der Waals surface area contributed by atoms with Gasteiger partial charge in [0.15, 0.2) is 6.61 Å². The highest BCUT2D eigenvalue weighted by atomic mass is 16.5. The highest BCUT2D eigenvalue weighted by Crippen LogP contribution is 2.49. The number of rotatable bonds is 6. The predicted molar refractivity (Wildman–Crippen MR) is 109 cm³/mol. The Morgan fingerprint density at radius 3 is 2.71 bits per heavy atom. The normalized spacial score (nSPS) is 24.6. The molecule has 1 amide bonds. The molecule has 4 atom stereocenters. The first-order chi connectivity index (χ1) is 13.4. The molecule has 0 unspecified atom stereocenters. The molecule has 5 nitrogen and oxygen atoms in total. The van der Waals surface area contributed by atoms with Crippen molar-refractivity contribution in [2.45, 2.75) is 58.4 Å². The first-order valence-corrected chi connectivity index (χ1v) is 10.4. The highest BCUT2D eigenvalue weighted by molar-refractivity contribution is 5.82. The zero-order chi connectivity index (χ0) is 19.8. The summed E-state index contributed by atoms with van der Waals surface area (Å²) < 4.78 is 11.0. The third-order valence-electron chi connectivity index (χ3n) is 6.56. The number of hydrogen-bond donors (Lipinski definition) is 1. The molecule has 2 aromatic rings. The number of nitrogens with one attached hydrogen (secondary N) is 1. The lowest BCUT2D eigenvalue weighted by Gasteiger charge is -2.28. The van der Waals surface area contributed by atoms with E-state index in [9.17, 15) is 9.59 Å².